The van der Waals surface area contributed by atoms with Gasteiger partial charge in [0.15, 0.2) is 0 Å². The van der Waals surface area contributed by atoms with Gasteiger partial charge in [-0.25, -0.2) is 0 Å². The van der Waals surface area contributed by atoms with Crippen LogP contribution in [0.1, 0.15) is 39.2 Å². The second kappa shape index (κ2) is 8.12. The maximum Gasteiger partial charge on any atom is 0.0437 e. The Balaban J connectivity index is 0.000000671. The molecule has 0 nitrogen and oxygen atoms in total. The summed E-state index contributed by atoms with van der Waals surface area (Å²) >= 11 is 5.96. The lowest BCUT2D eigenvalue weighted by Gasteiger charge is -2.00. The highest BCUT2D eigenvalue weighted by Gasteiger charge is 1.96. The smallest absolute Gasteiger partial charge is 0.0437 e. The summed E-state index contributed by atoms with van der Waals surface area (Å²) in [6.07, 6.45) is 3.56. The first-order chi connectivity index (χ1) is 6.34. The van der Waals surface area contributed by atoms with Gasteiger partial charge in [-0.1, -0.05) is 57.0 Å². The van der Waals surface area contributed by atoms with Crippen LogP contribution in [-0.2, 0) is 6.42 Å². The Morgan fingerprint density at radius 2 is 1.77 bits per heavy atom. The Morgan fingerprint density at radius 1 is 1.15 bits per heavy atom. The molecule has 0 fully saturated rings. The molecule has 0 heterocycles. The predicted molar refractivity (Wildman–Crippen MR) is 61.4 cm³/mol. The quantitative estimate of drug-likeness (QED) is 0.660. The number of hydrogen-bond donors (Lipinski definition) is 0. The fourth-order valence-corrected chi connectivity index (χ4v) is 1.30. The molecule has 0 N–H and O–H groups in total. The van der Waals surface area contributed by atoms with Gasteiger partial charge in [-0.05, 0) is 24.5 Å². The van der Waals surface area contributed by atoms with Crippen molar-refractivity contribution in [3.05, 3.63) is 34.9 Å². The third-order valence-corrected chi connectivity index (χ3v) is 2.13. The van der Waals surface area contributed by atoms with E-state index in [2.05, 4.69) is 13.0 Å². The number of aryl methyl sites for hydroxylation is 1. The Kier molecular flexibility index (Phi) is 7.82. The number of benzene rings is 1. The van der Waals surface area contributed by atoms with Gasteiger partial charge >= 0.3 is 0 Å². The maximum absolute atomic E-state index is 5.96. The van der Waals surface area contributed by atoms with Crippen molar-refractivity contribution in [3.8, 4) is 0 Å². The summed E-state index contributed by atoms with van der Waals surface area (Å²) in [7, 11) is 0. The van der Waals surface area contributed by atoms with Crippen molar-refractivity contribution in [1.82, 2.24) is 0 Å². The van der Waals surface area contributed by atoms with E-state index >= 15 is 0 Å². The van der Waals surface area contributed by atoms with Crippen LogP contribution in [0.3, 0.4) is 0 Å². The van der Waals surface area contributed by atoms with Crippen LogP contribution >= 0.6 is 11.6 Å². The molecule has 0 spiro atoms. The van der Waals surface area contributed by atoms with Crippen LogP contribution in [-0.4, -0.2) is 0 Å². The SMILES string of the molecule is CC.CCCCc1ccccc1Cl. The van der Waals surface area contributed by atoms with Crippen molar-refractivity contribution < 1.29 is 0 Å². The maximum atomic E-state index is 5.96. The fraction of sp³-hybridized carbons (Fsp3) is 0.500. The van der Waals surface area contributed by atoms with Crippen LogP contribution in [0.4, 0.5) is 0 Å². The molecule has 0 unspecified atom stereocenters. The summed E-state index contributed by atoms with van der Waals surface area (Å²) in [6.45, 7) is 6.19. The molecule has 0 aromatic heterocycles. The van der Waals surface area contributed by atoms with Crippen molar-refractivity contribution in [2.75, 3.05) is 0 Å². The largest absolute Gasteiger partial charge is 0.0840 e. The van der Waals surface area contributed by atoms with Gasteiger partial charge in [0, 0.05) is 5.02 Å². The van der Waals surface area contributed by atoms with Crippen LogP contribution in [0.25, 0.3) is 0 Å². The molecule has 13 heavy (non-hydrogen) atoms. The molecule has 0 aliphatic rings. The highest BCUT2D eigenvalue weighted by Crippen LogP contribution is 2.16. The Bertz CT molecular complexity index is 218. The zero-order valence-corrected chi connectivity index (χ0v) is 9.56. The zero-order valence-electron chi connectivity index (χ0n) is 8.81. The highest BCUT2D eigenvalue weighted by molar-refractivity contribution is 6.31. The number of hydrogen-bond acceptors (Lipinski definition) is 0. The van der Waals surface area contributed by atoms with E-state index in [9.17, 15) is 0 Å². The summed E-state index contributed by atoms with van der Waals surface area (Å²) < 4.78 is 0. The minimum Gasteiger partial charge on any atom is -0.0840 e. The summed E-state index contributed by atoms with van der Waals surface area (Å²) in [5, 5.41) is 0.904. The van der Waals surface area contributed by atoms with E-state index in [4.69, 9.17) is 11.6 Å². The molecule has 0 bridgehead atoms. The van der Waals surface area contributed by atoms with E-state index in [1.165, 1.54) is 18.4 Å². The number of rotatable bonds is 3. The summed E-state index contributed by atoms with van der Waals surface area (Å²) in [6, 6.07) is 8.05. The lowest BCUT2D eigenvalue weighted by atomic mass is 10.1. The van der Waals surface area contributed by atoms with Crippen molar-refractivity contribution in [2.24, 2.45) is 0 Å². The molecule has 0 saturated carbocycles. The number of halogens is 1. The summed E-state index contributed by atoms with van der Waals surface area (Å²) in [4.78, 5) is 0. The van der Waals surface area contributed by atoms with E-state index in [1.807, 2.05) is 32.0 Å². The molecule has 1 heteroatoms. The minimum absolute atomic E-state index is 0.904. The summed E-state index contributed by atoms with van der Waals surface area (Å²) in [5.41, 5.74) is 1.27. The Hall–Kier alpha value is -0.490. The molecule has 0 saturated heterocycles. The van der Waals surface area contributed by atoms with Gasteiger partial charge in [-0.3, -0.25) is 0 Å². The van der Waals surface area contributed by atoms with Gasteiger partial charge in [-0.2, -0.15) is 0 Å². The topological polar surface area (TPSA) is 0 Å². The van der Waals surface area contributed by atoms with Crippen molar-refractivity contribution in [1.29, 1.82) is 0 Å². The van der Waals surface area contributed by atoms with Crippen LogP contribution in [0, 0.1) is 0 Å². The third kappa shape index (κ3) is 4.94. The van der Waals surface area contributed by atoms with Gasteiger partial charge in [-0.15, -0.1) is 0 Å². The number of unbranched alkanes of at least 4 members (excludes halogenated alkanes) is 1. The van der Waals surface area contributed by atoms with Gasteiger partial charge in [0.25, 0.3) is 0 Å². The second-order valence-electron chi connectivity index (χ2n) is 2.69. The molecular weight excluding hydrogens is 180 g/mol. The van der Waals surface area contributed by atoms with Crippen molar-refractivity contribution in [2.45, 2.75) is 40.0 Å². The van der Waals surface area contributed by atoms with Crippen LogP contribution in [0.15, 0.2) is 24.3 Å². The van der Waals surface area contributed by atoms with Crippen LogP contribution in [0.5, 0.6) is 0 Å². The van der Waals surface area contributed by atoms with Gasteiger partial charge in [0.1, 0.15) is 0 Å². The lowest BCUT2D eigenvalue weighted by Crippen LogP contribution is -1.84. The average Bonchev–Trinajstić information content (AvgIpc) is 2.20. The normalized spacial score (nSPS) is 8.92. The molecular formula is C12H19Cl. The Labute approximate surface area is 86.9 Å². The molecule has 74 valence electrons. The monoisotopic (exact) mass is 198 g/mol. The molecule has 0 radical (unpaired) electrons. The molecule has 0 aliphatic heterocycles. The first-order valence-corrected chi connectivity index (χ1v) is 5.45. The lowest BCUT2D eigenvalue weighted by molar-refractivity contribution is 0.795. The third-order valence-electron chi connectivity index (χ3n) is 1.76. The van der Waals surface area contributed by atoms with Gasteiger partial charge < -0.3 is 0 Å². The summed E-state index contributed by atoms with van der Waals surface area (Å²) in [5.74, 6) is 0. The van der Waals surface area contributed by atoms with E-state index in [1.54, 1.807) is 0 Å². The van der Waals surface area contributed by atoms with E-state index in [0.717, 1.165) is 11.4 Å². The minimum atomic E-state index is 0.904. The standard InChI is InChI=1S/C10H13Cl.C2H6/c1-2-3-6-9-7-4-5-8-10(9)11;1-2/h4-5,7-8H,2-3,6H2,1H3;1-2H3. The van der Waals surface area contributed by atoms with Crippen molar-refractivity contribution >= 4 is 11.6 Å². The molecule has 0 amide bonds. The van der Waals surface area contributed by atoms with E-state index < -0.39 is 0 Å². The molecule has 0 atom stereocenters. The first-order valence-electron chi connectivity index (χ1n) is 5.08. The van der Waals surface area contributed by atoms with E-state index in [-0.39, 0.29) is 0 Å². The van der Waals surface area contributed by atoms with Gasteiger partial charge in [0.05, 0.1) is 0 Å². The molecule has 1 rings (SSSR count). The molecule has 1 aromatic rings. The van der Waals surface area contributed by atoms with E-state index in [0.29, 0.717) is 0 Å². The first kappa shape index (κ1) is 12.5. The average molecular weight is 199 g/mol. The zero-order chi connectivity index (χ0) is 10.1. The van der Waals surface area contributed by atoms with Crippen LogP contribution < -0.4 is 0 Å². The van der Waals surface area contributed by atoms with Crippen molar-refractivity contribution in [3.63, 3.8) is 0 Å². The predicted octanol–water partition coefficient (Wildman–Crippen LogP) is 4.71. The highest BCUT2D eigenvalue weighted by atomic mass is 35.5. The van der Waals surface area contributed by atoms with Gasteiger partial charge in [0.2, 0.25) is 0 Å². The molecule has 0 aliphatic carbocycles. The second-order valence-corrected chi connectivity index (χ2v) is 3.10. The Morgan fingerprint density at radius 3 is 2.31 bits per heavy atom. The van der Waals surface area contributed by atoms with Crippen LogP contribution in [0.2, 0.25) is 5.02 Å². The molecule has 1 aromatic carbocycles. The fourth-order valence-electron chi connectivity index (χ4n) is 1.07.